The zero-order chi connectivity index (χ0) is 17.6. The highest BCUT2D eigenvalue weighted by atomic mass is 32.1. The second-order valence-electron chi connectivity index (χ2n) is 5.78. The number of carbonyl (C=O) groups excluding carboxylic acids is 1. The van der Waals surface area contributed by atoms with E-state index in [1.54, 1.807) is 24.3 Å². The average Bonchev–Trinajstić information content (AvgIpc) is 3.10. The maximum Gasteiger partial charge on any atom is 0.338 e. The van der Waals surface area contributed by atoms with Crippen molar-refractivity contribution in [1.29, 1.82) is 0 Å². The van der Waals surface area contributed by atoms with Gasteiger partial charge in [0.25, 0.3) is 0 Å². The molecule has 128 valence electrons. The smallest absolute Gasteiger partial charge is 0.338 e. The molecule has 0 aliphatic heterocycles. The third kappa shape index (κ3) is 4.67. The molecule has 0 fully saturated rings. The monoisotopic (exact) mass is 353 g/mol. The molecule has 0 radical (unpaired) electrons. The van der Waals surface area contributed by atoms with Gasteiger partial charge in [-0.3, -0.25) is 0 Å². The number of benzene rings is 2. The molecule has 25 heavy (non-hydrogen) atoms. The summed E-state index contributed by atoms with van der Waals surface area (Å²) in [6.07, 6.45) is 0.0984. The van der Waals surface area contributed by atoms with Crippen molar-refractivity contribution in [3.63, 3.8) is 0 Å². The highest BCUT2D eigenvalue weighted by molar-refractivity contribution is 7.13. The Labute approximate surface area is 151 Å². The number of ether oxygens (including phenoxy) is 2. The van der Waals surface area contributed by atoms with Crippen molar-refractivity contribution in [2.24, 2.45) is 0 Å². The summed E-state index contributed by atoms with van der Waals surface area (Å²) < 4.78 is 10.9. The largest absolute Gasteiger partial charge is 0.491 e. The minimum atomic E-state index is -0.370. The number of thiazole rings is 1. The van der Waals surface area contributed by atoms with Crippen LogP contribution in [0.3, 0.4) is 0 Å². The normalized spacial score (nSPS) is 10.7. The van der Waals surface area contributed by atoms with Crippen LogP contribution in [-0.4, -0.2) is 17.1 Å². The van der Waals surface area contributed by atoms with Gasteiger partial charge < -0.3 is 9.47 Å². The quantitative estimate of drug-likeness (QED) is 0.588. The van der Waals surface area contributed by atoms with E-state index >= 15 is 0 Å². The number of esters is 1. The molecule has 4 nitrogen and oxygen atoms in total. The first-order valence-corrected chi connectivity index (χ1v) is 8.93. The van der Waals surface area contributed by atoms with Gasteiger partial charge in [-0.15, -0.1) is 11.3 Å². The molecule has 0 N–H and O–H groups in total. The SMILES string of the molecule is CC(C)Oc1ccc(C(=O)OCc2csc(-c3ccccc3)n2)cc1. The van der Waals surface area contributed by atoms with E-state index in [1.165, 1.54) is 11.3 Å². The molecule has 0 bridgehead atoms. The van der Waals surface area contributed by atoms with E-state index in [-0.39, 0.29) is 18.7 Å². The van der Waals surface area contributed by atoms with Gasteiger partial charge in [0.05, 0.1) is 17.4 Å². The van der Waals surface area contributed by atoms with Gasteiger partial charge in [-0.1, -0.05) is 30.3 Å². The summed E-state index contributed by atoms with van der Waals surface area (Å²) in [5, 5.41) is 2.83. The minimum Gasteiger partial charge on any atom is -0.491 e. The van der Waals surface area contributed by atoms with Crippen molar-refractivity contribution in [2.75, 3.05) is 0 Å². The molecule has 0 aliphatic rings. The second kappa shape index (κ2) is 7.94. The van der Waals surface area contributed by atoms with E-state index in [4.69, 9.17) is 9.47 Å². The lowest BCUT2D eigenvalue weighted by molar-refractivity contribution is 0.0468. The van der Waals surface area contributed by atoms with Crippen molar-refractivity contribution in [3.05, 3.63) is 71.2 Å². The number of hydrogen-bond acceptors (Lipinski definition) is 5. The molecule has 0 saturated carbocycles. The zero-order valence-corrected chi connectivity index (χ0v) is 15.0. The van der Waals surface area contributed by atoms with Gasteiger partial charge in [0.2, 0.25) is 0 Å². The van der Waals surface area contributed by atoms with Crippen LogP contribution in [0.1, 0.15) is 29.9 Å². The van der Waals surface area contributed by atoms with E-state index < -0.39 is 0 Å². The van der Waals surface area contributed by atoms with Crippen molar-refractivity contribution < 1.29 is 14.3 Å². The predicted molar refractivity (Wildman–Crippen MR) is 98.9 cm³/mol. The summed E-state index contributed by atoms with van der Waals surface area (Å²) >= 11 is 1.54. The van der Waals surface area contributed by atoms with Gasteiger partial charge in [-0.05, 0) is 38.1 Å². The lowest BCUT2D eigenvalue weighted by Gasteiger charge is -2.09. The number of rotatable bonds is 6. The number of nitrogens with zero attached hydrogens (tertiary/aromatic N) is 1. The molecule has 5 heteroatoms. The fourth-order valence-corrected chi connectivity index (χ4v) is 3.06. The third-order valence-electron chi connectivity index (χ3n) is 3.39. The molecule has 0 saturated heterocycles. The van der Waals surface area contributed by atoms with Crippen LogP contribution < -0.4 is 4.74 Å². The molecule has 0 unspecified atom stereocenters. The zero-order valence-electron chi connectivity index (χ0n) is 14.1. The maximum atomic E-state index is 12.1. The van der Waals surface area contributed by atoms with Crippen LogP contribution in [0.25, 0.3) is 10.6 Å². The highest BCUT2D eigenvalue weighted by Gasteiger charge is 2.10. The van der Waals surface area contributed by atoms with Crippen molar-refractivity contribution in [3.8, 4) is 16.3 Å². The molecule has 3 aromatic rings. The minimum absolute atomic E-state index is 0.0984. The molecule has 1 heterocycles. The van der Waals surface area contributed by atoms with Crippen molar-refractivity contribution in [2.45, 2.75) is 26.6 Å². The summed E-state index contributed by atoms with van der Waals surface area (Å²) in [5.41, 5.74) is 2.30. The molecule has 0 amide bonds. The fourth-order valence-electron chi connectivity index (χ4n) is 2.25. The Kier molecular flexibility index (Phi) is 5.46. The van der Waals surface area contributed by atoms with Crippen LogP contribution in [0.2, 0.25) is 0 Å². The van der Waals surface area contributed by atoms with Crippen LogP contribution in [-0.2, 0) is 11.3 Å². The van der Waals surface area contributed by atoms with Gasteiger partial charge in [-0.25, -0.2) is 9.78 Å². The summed E-state index contributed by atoms with van der Waals surface area (Å²) in [6.45, 7) is 4.08. The Bertz CT molecular complexity index is 826. The molecular weight excluding hydrogens is 334 g/mol. The molecule has 0 atom stereocenters. The Hall–Kier alpha value is -2.66. The van der Waals surface area contributed by atoms with Crippen LogP contribution in [0, 0.1) is 0 Å². The first kappa shape index (κ1) is 17.2. The second-order valence-corrected chi connectivity index (χ2v) is 6.64. The lowest BCUT2D eigenvalue weighted by Crippen LogP contribution is -2.07. The van der Waals surface area contributed by atoms with E-state index in [2.05, 4.69) is 4.98 Å². The first-order chi connectivity index (χ1) is 12.1. The van der Waals surface area contributed by atoms with E-state index in [0.29, 0.717) is 5.56 Å². The molecule has 3 rings (SSSR count). The Balaban J connectivity index is 1.58. The lowest BCUT2D eigenvalue weighted by atomic mass is 10.2. The van der Waals surface area contributed by atoms with Gasteiger partial charge >= 0.3 is 5.97 Å². The van der Waals surface area contributed by atoms with E-state index in [9.17, 15) is 4.79 Å². The Morgan fingerprint density at radius 1 is 1.08 bits per heavy atom. The molecule has 0 spiro atoms. The molecule has 1 aromatic heterocycles. The number of hydrogen-bond donors (Lipinski definition) is 0. The van der Waals surface area contributed by atoms with Gasteiger partial charge in [0, 0.05) is 10.9 Å². The average molecular weight is 353 g/mol. The van der Waals surface area contributed by atoms with Crippen LogP contribution in [0.15, 0.2) is 60.0 Å². The topological polar surface area (TPSA) is 48.4 Å². The van der Waals surface area contributed by atoms with Gasteiger partial charge in [-0.2, -0.15) is 0 Å². The predicted octanol–water partition coefficient (Wildman–Crippen LogP) is 4.95. The van der Waals surface area contributed by atoms with Gasteiger partial charge in [0.15, 0.2) is 0 Å². The number of carbonyl (C=O) groups is 1. The van der Waals surface area contributed by atoms with Crippen molar-refractivity contribution >= 4 is 17.3 Å². The fraction of sp³-hybridized carbons (Fsp3) is 0.200. The van der Waals surface area contributed by atoms with Crippen LogP contribution >= 0.6 is 11.3 Å². The third-order valence-corrected chi connectivity index (χ3v) is 4.33. The van der Waals surface area contributed by atoms with E-state index in [1.807, 2.05) is 49.6 Å². The summed E-state index contributed by atoms with van der Waals surface area (Å²) in [7, 11) is 0. The summed E-state index contributed by atoms with van der Waals surface area (Å²) in [5.74, 6) is 0.365. The summed E-state index contributed by atoms with van der Waals surface area (Å²) in [4.78, 5) is 16.7. The van der Waals surface area contributed by atoms with Crippen molar-refractivity contribution in [1.82, 2.24) is 4.98 Å². The number of aromatic nitrogens is 1. The van der Waals surface area contributed by atoms with Crippen LogP contribution in [0.5, 0.6) is 5.75 Å². The Morgan fingerprint density at radius 3 is 2.48 bits per heavy atom. The van der Waals surface area contributed by atoms with Crippen LogP contribution in [0.4, 0.5) is 0 Å². The molecule has 2 aromatic carbocycles. The molecular formula is C20H19NO3S. The maximum absolute atomic E-state index is 12.1. The van der Waals surface area contributed by atoms with Gasteiger partial charge in [0.1, 0.15) is 17.4 Å². The molecule has 0 aliphatic carbocycles. The summed E-state index contributed by atoms with van der Waals surface area (Å²) in [6, 6.07) is 16.9. The highest BCUT2D eigenvalue weighted by Crippen LogP contribution is 2.23. The first-order valence-electron chi connectivity index (χ1n) is 8.05. The Morgan fingerprint density at radius 2 is 1.80 bits per heavy atom. The standard InChI is InChI=1S/C20H19NO3S/c1-14(2)24-18-10-8-16(9-11-18)20(22)23-12-17-13-25-19(21-17)15-6-4-3-5-7-15/h3-11,13-14H,12H2,1-2H3. The van der Waals surface area contributed by atoms with E-state index in [0.717, 1.165) is 22.0 Å².